The molecule has 0 heterocycles. The van der Waals surface area contributed by atoms with Gasteiger partial charge in [0.25, 0.3) is 0 Å². The molecule has 3 aromatic rings. The molecule has 0 fully saturated rings. The summed E-state index contributed by atoms with van der Waals surface area (Å²) in [6.45, 7) is 0. The molecule has 1 aliphatic carbocycles. The molecule has 0 amide bonds. The summed E-state index contributed by atoms with van der Waals surface area (Å²) in [7, 11) is -3.29. The molecule has 154 valence electrons. The van der Waals surface area contributed by atoms with E-state index in [1.54, 1.807) is 17.8 Å². The van der Waals surface area contributed by atoms with Gasteiger partial charge in [0.15, 0.2) is 0 Å². The number of nitrogens with one attached hydrogen (secondary N) is 1. The summed E-state index contributed by atoms with van der Waals surface area (Å²) in [6.07, 6.45) is 8.39. The first-order chi connectivity index (χ1) is 14.4. The molecular formula is C25H25NO2S2. The Bertz CT molecular complexity index is 1210. The van der Waals surface area contributed by atoms with Crippen LogP contribution in [0.1, 0.15) is 27.8 Å². The summed E-state index contributed by atoms with van der Waals surface area (Å²) < 4.78 is 25.7. The number of fused-ring (bicyclic) bond motifs is 2. The summed E-state index contributed by atoms with van der Waals surface area (Å²) in [5.41, 5.74) is 8.31. The van der Waals surface area contributed by atoms with Crippen molar-refractivity contribution in [2.45, 2.75) is 24.2 Å². The molecular weight excluding hydrogens is 410 g/mol. The molecule has 4 rings (SSSR count). The molecule has 3 aromatic carbocycles. The van der Waals surface area contributed by atoms with E-state index in [0.29, 0.717) is 5.69 Å². The normalized spacial score (nSPS) is 14.7. The first kappa shape index (κ1) is 20.8. The van der Waals surface area contributed by atoms with Crippen LogP contribution in [0.4, 0.5) is 5.69 Å². The van der Waals surface area contributed by atoms with E-state index >= 15 is 0 Å². The molecule has 0 atom stereocenters. The lowest BCUT2D eigenvalue weighted by molar-refractivity contribution is 0.607. The summed E-state index contributed by atoms with van der Waals surface area (Å²) >= 11 is 1.80. The molecule has 0 aliphatic heterocycles. The van der Waals surface area contributed by atoms with Crippen LogP contribution in [0.25, 0.3) is 5.57 Å². The topological polar surface area (TPSA) is 46.2 Å². The Labute approximate surface area is 183 Å². The van der Waals surface area contributed by atoms with Crippen molar-refractivity contribution in [1.29, 1.82) is 0 Å². The van der Waals surface area contributed by atoms with Crippen LogP contribution in [0.2, 0.25) is 0 Å². The molecule has 1 aliphatic rings. The zero-order valence-corrected chi connectivity index (χ0v) is 18.8. The van der Waals surface area contributed by atoms with Gasteiger partial charge in [-0.1, -0.05) is 54.6 Å². The fraction of sp³-hybridized carbons (Fsp3) is 0.200. The van der Waals surface area contributed by atoms with Crippen LogP contribution in [0.15, 0.2) is 77.7 Å². The third-order valence-corrected chi connectivity index (χ3v) is 6.80. The standard InChI is InChI=1S/C25H25NO2S2/c1-29-25-12-6-11-22-23(21-10-4-3-8-19(21)14-16-24(22)25)15-13-18-7-5-9-20(17-18)26-30(2,27)28/h3-12,15,17,26H,13-14,16H2,1-2H3/b23-15-. The zero-order valence-electron chi connectivity index (χ0n) is 17.2. The van der Waals surface area contributed by atoms with Crippen molar-refractivity contribution >= 4 is 33.0 Å². The third-order valence-electron chi connectivity index (χ3n) is 5.37. The number of aryl methyl sites for hydroxylation is 1. The molecule has 0 spiro atoms. The molecule has 0 unspecified atom stereocenters. The Hall–Kier alpha value is -2.50. The second kappa shape index (κ2) is 8.70. The Morgan fingerprint density at radius 1 is 0.967 bits per heavy atom. The van der Waals surface area contributed by atoms with Gasteiger partial charge in [-0.15, -0.1) is 11.8 Å². The van der Waals surface area contributed by atoms with Crippen molar-refractivity contribution in [3.05, 3.63) is 101 Å². The molecule has 0 saturated carbocycles. The second-order valence-corrected chi connectivity index (χ2v) is 10.1. The number of anilines is 1. The summed E-state index contributed by atoms with van der Waals surface area (Å²) in [5.74, 6) is 0. The smallest absolute Gasteiger partial charge is 0.229 e. The predicted octanol–water partition coefficient (Wildman–Crippen LogP) is 5.55. The van der Waals surface area contributed by atoms with E-state index in [-0.39, 0.29) is 0 Å². The van der Waals surface area contributed by atoms with Crippen molar-refractivity contribution < 1.29 is 8.42 Å². The monoisotopic (exact) mass is 435 g/mol. The minimum Gasteiger partial charge on any atom is -0.284 e. The van der Waals surface area contributed by atoms with Gasteiger partial charge in [0.2, 0.25) is 10.0 Å². The molecule has 30 heavy (non-hydrogen) atoms. The fourth-order valence-electron chi connectivity index (χ4n) is 4.09. The Morgan fingerprint density at radius 3 is 2.53 bits per heavy atom. The number of allylic oxidation sites excluding steroid dienone is 1. The summed E-state index contributed by atoms with van der Waals surface area (Å²) in [5, 5.41) is 0. The third kappa shape index (κ3) is 4.63. The van der Waals surface area contributed by atoms with E-state index < -0.39 is 10.0 Å². The number of hydrogen-bond acceptors (Lipinski definition) is 3. The van der Waals surface area contributed by atoms with Gasteiger partial charge in [0.05, 0.1) is 6.26 Å². The van der Waals surface area contributed by atoms with Crippen molar-refractivity contribution in [2.75, 3.05) is 17.2 Å². The van der Waals surface area contributed by atoms with Crippen molar-refractivity contribution in [1.82, 2.24) is 0 Å². The highest BCUT2D eigenvalue weighted by molar-refractivity contribution is 7.98. The molecule has 0 radical (unpaired) electrons. The van der Waals surface area contributed by atoms with Crippen molar-refractivity contribution in [3.63, 3.8) is 0 Å². The molecule has 0 bridgehead atoms. The van der Waals surface area contributed by atoms with E-state index in [1.165, 1.54) is 39.0 Å². The lowest BCUT2D eigenvalue weighted by atomic mass is 9.92. The molecule has 5 heteroatoms. The second-order valence-electron chi connectivity index (χ2n) is 7.54. The van der Waals surface area contributed by atoms with E-state index in [0.717, 1.165) is 24.8 Å². The number of hydrogen-bond donors (Lipinski definition) is 1. The maximum absolute atomic E-state index is 11.6. The van der Waals surface area contributed by atoms with E-state index in [2.05, 4.69) is 59.5 Å². The van der Waals surface area contributed by atoms with Gasteiger partial charge in [-0.25, -0.2) is 8.42 Å². The summed E-state index contributed by atoms with van der Waals surface area (Å²) in [6, 6.07) is 22.8. The number of rotatable bonds is 5. The zero-order chi connectivity index (χ0) is 21.1. The average Bonchev–Trinajstić information content (AvgIpc) is 2.88. The van der Waals surface area contributed by atoms with Crippen LogP contribution in [0.5, 0.6) is 0 Å². The highest BCUT2D eigenvalue weighted by Gasteiger charge is 2.19. The number of thioether (sulfide) groups is 1. The average molecular weight is 436 g/mol. The number of sulfonamides is 1. The fourth-order valence-corrected chi connectivity index (χ4v) is 5.32. The van der Waals surface area contributed by atoms with E-state index in [9.17, 15) is 8.42 Å². The predicted molar refractivity (Wildman–Crippen MR) is 128 cm³/mol. The minimum absolute atomic E-state index is 0.597. The Kier molecular flexibility index (Phi) is 6.02. The largest absolute Gasteiger partial charge is 0.284 e. The van der Waals surface area contributed by atoms with Crippen molar-refractivity contribution in [2.24, 2.45) is 0 Å². The van der Waals surface area contributed by atoms with Crippen LogP contribution in [-0.4, -0.2) is 20.9 Å². The summed E-state index contributed by atoms with van der Waals surface area (Å²) in [4.78, 5) is 1.34. The SMILES string of the molecule is CSc1cccc2c1CCc1ccccc1/C2=C/Cc1cccc(NS(C)(=O)=O)c1. The lowest BCUT2D eigenvalue weighted by Crippen LogP contribution is -2.09. The lowest BCUT2D eigenvalue weighted by Gasteiger charge is -2.14. The van der Waals surface area contributed by atoms with E-state index in [4.69, 9.17) is 0 Å². The molecule has 0 aromatic heterocycles. The van der Waals surface area contributed by atoms with Gasteiger partial charge < -0.3 is 0 Å². The van der Waals surface area contributed by atoms with Crippen LogP contribution in [0, 0.1) is 0 Å². The van der Waals surface area contributed by atoms with Gasteiger partial charge in [-0.3, -0.25) is 4.72 Å². The van der Waals surface area contributed by atoms with Crippen LogP contribution < -0.4 is 4.72 Å². The highest BCUT2D eigenvalue weighted by Crippen LogP contribution is 2.37. The molecule has 0 saturated heterocycles. The quantitative estimate of drug-likeness (QED) is 0.534. The number of benzene rings is 3. The van der Waals surface area contributed by atoms with Gasteiger partial charge in [0.1, 0.15) is 0 Å². The molecule has 1 N–H and O–H groups in total. The van der Waals surface area contributed by atoms with Crippen LogP contribution in [-0.2, 0) is 29.3 Å². The minimum atomic E-state index is -3.29. The van der Waals surface area contributed by atoms with Crippen molar-refractivity contribution in [3.8, 4) is 0 Å². The van der Waals surface area contributed by atoms with Gasteiger partial charge in [-0.05, 0) is 77.1 Å². The first-order valence-electron chi connectivity index (χ1n) is 9.96. The molecule has 3 nitrogen and oxygen atoms in total. The van der Waals surface area contributed by atoms with E-state index in [1.807, 2.05) is 18.2 Å². The van der Waals surface area contributed by atoms with Crippen LogP contribution in [0.3, 0.4) is 0 Å². The first-order valence-corrected chi connectivity index (χ1v) is 13.1. The van der Waals surface area contributed by atoms with Gasteiger partial charge in [-0.2, -0.15) is 0 Å². The van der Waals surface area contributed by atoms with Gasteiger partial charge >= 0.3 is 0 Å². The Morgan fingerprint density at radius 2 is 1.73 bits per heavy atom. The van der Waals surface area contributed by atoms with Gasteiger partial charge in [0, 0.05) is 10.6 Å². The van der Waals surface area contributed by atoms with Crippen LogP contribution >= 0.6 is 11.8 Å². The highest BCUT2D eigenvalue weighted by atomic mass is 32.2. The maximum Gasteiger partial charge on any atom is 0.229 e. The Balaban J connectivity index is 1.77. The maximum atomic E-state index is 11.6.